The number of amides is 1. The van der Waals surface area contributed by atoms with Crippen molar-refractivity contribution in [2.75, 3.05) is 5.32 Å². The number of rotatable bonds is 3. The first-order valence-electron chi connectivity index (χ1n) is 5.30. The third kappa shape index (κ3) is 2.80. The standard InChI is InChI=1S/C12H7BrFN3O3/c13-8-6(2-1-3-7(8)14)11(18)17-10-9(12(19)20)15-4-5-16-10/h1-5H,(H,19,20)(H,16,17,18). The maximum atomic E-state index is 13.3. The maximum Gasteiger partial charge on any atom is 0.358 e. The van der Waals surface area contributed by atoms with Crippen molar-refractivity contribution in [3.63, 3.8) is 0 Å². The lowest BCUT2D eigenvalue weighted by molar-refractivity contribution is 0.0691. The second kappa shape index (κ2) is 5.74. The lowest BCUT2D eigenvalue weighted by Crippen LogP contribution is -2.17. The number of aromatic nitrogens is 2. The number of carboxylic acids is 1. The Bertz CT molecular complexity index is 693. The van der Waals surface area contributed by atoms with Gasteiger partial charge in [-0.2, -0.15) is 0 Å². The first-order valence-corrected chi connectivity index (χ1v) is 6.09. The van der Waals surface area contributed by atoms with Gasteiger partial charge in [-0.1, -0.05) is 6.07 Å². The summed E-state index contributed by atoms with van der Waals surface area (Å²) in [4.78, 5) is 30.3. The maximum absolute atomic E-state index is 13.3. The van der Waals surface area contributed by atoms with Gasteiger partial charge in [0.25, 0.3) is 5.91 Å². The molecule has 2 N–H and O–H groups in total. The quantitative estimate of drug-likeness (QED) is 0.895. The molecule has 0 aliphatic heterocycles. The molecule has 0 unspecified atom stereocenters. The van der Waals surface area contributed by atoms with Crippen molar-refractivity contribution in [3.05, 3.63) is 52.1 Å². The Morgan fingerprint density at radius 2 is 1.95 bits per heavy atom. The number of nitrogens with zero attached hydrogens (tertiary/aromatic N) is 2. The molecule has 2 aromatic rings. The first kappa shape index (κ1) is 14.1. The molecule has 6 nitrogen and oxygen atoms in total. The number of carbonyl (C=O) groups is 2. The van der Waals surface area contributed by atoms with Gasteiger partial charge in [0, 0.05) is 12.4 Å². The summed E-state index contributed by atoms with van der Waals surface area (Å²) in [6.45, 7) is 0. The Labute approximate surface area is 120 Å². The van der Waals surface area contributed by atoms with E-state index in [4.69, 9.17) is 5.11 Å². The van der Waals surface area contributed by atoms with Crippen LogP contribution < -0.4 is 5.32 Å². The molecule has 0 saturated heterocycles. The highest BCUT2D eigenvalue weighted by molar-refractivity contribution is 9.10. The summed E-state index contributed by atoms with van der Waals surface area (Å²) >= 11 is 2.95. The monoisotopic (exact) mass is 339 g/mol. The largest absolute Gasteiger partial charge is 0.476 e. The Morgan fingerprint density at radius 3 is 2.65 bits per heavy atom. The van der Waals surface area contributed by atoms with E-state index >= 15 is 0 Å². The van der Waals surface area contributed by atoms with Crippen LogP contribution in [0, 0.1) is 5.82 Å². The van der Waals surface area contributed by atoms with Crippen molar-refractivity contribution in [1.82, 2.24) is 9.97 Å². The Morgan fingerprint density at radius 1 is 1.25 bits per heavy atom. The van der Waals surface area contributed by atoms with Crippen LogP contribution in [0.5, 0.6) is 0 Å². The number of hydrogen-bond donors (Lipinski definition) is 2. The van der Waals surface area contributed by atoms with Gasteiger partial charge in [0.05, 0.1) is 10.0 Å². The minimum Gasteiger partial charge on any atom is -0.476 e. The topological polar surface area (TPSA) is 92.2 Å². The molecular weight excluding hydrogens is 333 g/mol. The van der Waals surface area contributed by atoms with E-state index in [9.17, 15) is 14.0 Å². The third-order valence-corrected chi connectivity index (χ3v) is 3.13. The summed E-state index contributed by atoms with van der Waals surface area (Å²) in [5.74, 6) is -2.83. The van der Waals surface area contributed by atoms with E-state index in [0.29, 0.717) is 0 Å². The lowest BCUT2D eigenvalue weighted by Gasteiger charge is -2.08. The van der Waals surface area contributed by atoms with E-state index < -0.39 is 23.4 Å². The smallest absolute Gasteiger partial charge is 0.358 e. The SMILES string of the molecule is O=C(Nc1nccnc1C(=O)O)c1cccc(F)c1Br. The highest BCUT2D eigenvalue weighted by atomic mass is 79.9. The van der Waals surface area contributed by atoms with Crippen LogP contribution in [-0.2, 0) is 0 Å². The van der Waals surface area contributed by atoms with E-state index in [1.54, 1.807) is 0 Å². The van der Waals surface area contributed by atoms with Gasteiger partial charge < -0.3 is 10.4 Å². The zero-order valence-electron chi connectivity index (χ0n) is 9.80. The van der Waals surface area contributed by atoms with Gasteiger partial charge in [-0.3, -0.25) is 4.79 Å². The molecule has 0 fully saturated rings. The molecule has 0 spiro atoms. The fourth-order valence-corrected chi connectivity index (χ4v) is 1.88. The van der Waals surface area contributed by atoms with Crippen LogP contribution in [0.25, 0.3) is 0 Å². The summed E-state index contributed by atoms with van der Waals surface area (Å²) in [6, 6.07) is 3.94. The molecule has 0 bridgehead atoms. The van der Waals surface area contributed by atoms with Gasteiger partial charge >= 0.3 is 5.97 Å². The molecular formula is C12H7BrFN3O3. The van der Waals surface area contributed by atoms with Crippen LogP contribution in [0.3, 0.4) is 0 Å². The second-order valence-corrected chi connectivity index (χ2v) is 4.41. The average Bonchev–Trinajstić information content (AvgIpc) is 2.42. The number of carboxylic acid groups (broad SMARTS) is 1. The molecule has 8 heteroatoms. The van der Waals surface area contributed by atoms with Crippen LogP contribution in [0.15, 0.2) is 35.1 Å². The average molecular weight is 340 g/mol. The van der Waals surface area contributed by atoms with Gasteiger partial charge in [0.15, 0.2) is 11.5 Å². The molecule has 102 valence electrons. The number of nitrogens with one attached hydrogen (secondary N) is 1. The van der Waals surface area contributed by atoms with Crippen molar-refractivity contribution in [3.8, 4) is 0 Å². The number of aromatic carboxylic acids is 1. The van der Waals surface area contributed by atoms with Crippen LogP contribution in [0.1, 0.15) is 20.8 Å². The van der Waals surface area contributed by atoms with Gasteiger partial charge in [0.2, 0.25) is 0 Å². The molecule has 0 radical (unpaired) electrons. The van der Waals surface area contributed by atoms with E-state index in [1.807, 2.05) is 0 Å². The molecule has 0 atom stereocenters. The zero-order chi connectivity index (χ0) is 14.7. The van der Waals surface area contributed by atoms with Crippen molar-refractivity contribution < 1.29 is 19.1 Å². The highest BCUT2D eigenvalue weighted by Gasteiger charge is 2.18. The van der Waals surface area contributed by atoms with Crippen molar-refractivity contribution >= 4 is 33.6 Å². The molecule has 1 aromatic heterocycles. The lowest BCUT2D eigenvalue weighted by atomic mass is 10.2. The molecule has 1 aromatic carbocycles. The van der Waals surface area contributed by atoms with E-state index in [-0.39, 0.29) is 15.9 Å². The van der Waals surface area contributed by atoms with Crippen molar-refractivity contribution in [1.29, 1.82) is 0 Å². The normalized spacial score (nSPS) is 10.1. The number of benzene rings is 1. The van der Waals surface area contributed by atoms with E-state index in [0.717, 1.165) is 0 Å². The van der Waals surface area contributed by atoms with Gasteiger partial charge in [-0.05, 0) is 28.1 Å². The second-order valence-electron chi connectivity index (χ2n) is 3.61. The van der Waals surface area contributed by atoms with E-state index in [2.05, 4.69) is 31.2 Å². The predicted molar refractivity (Wildman–Crippen MR) is 71.0 cm³/mol. The van der Waals surface area contributed by atoms with Crippen LogP contribution >= 0.6 is 15.9 Å². The van der Waals surface area contributed by atoms with E-state index in [1.165, 1.54) is 30.6 Å². The highest BCUT2D eigenvalue weighted by Crippen LogP contribution is 2.21. The van der Waals surface area contributed by atoms with Crippen LogP contribution in [-0.4, -0.2) is 27.0 Å². The number of hydrogen-bond acceptors (Lipinski definition) is 4. The number of anilines is 1. The minimum absolute atomic E-state index is 0.0155. The molecule has 0 aliphatic carbocycles. The minimum atomic E-state index is -1.33. The molecule has 0 saturated carbocycles. The molecule has 1 heterocycles. The molecule has 1 amide bonds. The van der Waals surface area contributed by atoms with Gasteiger partial charge in [-0.25, -0.2) is 19.2 Å². The first-order chi connectivity index (χ1) is 9.50. The van der Waals surface area contributed by atoms with Crippen LogP contribution in [0.2, 0.25) is 0 Å². The summed E-state index contributed by atoms with van der Waals surface area (Å²) in [5.41, 5.74) is -0.375. The molecule has 2 rings (SSSR count). The third-order valence-electron chi connectivity index (χ3n) is 2.33. The van der Waals surface area contributed by atoms with Crippen LogP contribution in [0.4, 0.5) is 10.2 Å². The summed E-state index contributed by atoms with van der Waals surface area (Å²) in [6.07, 6.45) is 2.43. The number of halogens is 2. The zero-order valence-corrected chi connectivity index (χ0v) is 11.4. The Balaban J connectivity index is 2.33. The summed E-state index contributed by atoms with van der Waals surface area (Å²) in [7, 11) is 0. The molecule has 20 heavy (non-hydrogen) atoms. The Hall–Kier alpha value is -2.35. The summed E-state index contributed by atoms with van der Waals surface area (Å²) in [5, 5.41) is 11.2. The van der Waals surface area contributed by atoms with Gasteiger partial charge in [0.1, 0.15) is 5.82 Å². The Kier molecular flexibility index (Phi) is 4.04. The predicted octanol–water partition coefficient (Wildman–Crippen LogP) is 2.33. The fraction of sp³-hybridized carbons (Fsp3) is 0. The summed E-state index contributed by atoms with van der Waals surface area (Å²) < 4.78 is 13.3. The van der Waals surface area contributed by atoms with Crippen molar-refractivity contribution in [2.24, 2.45) is 0 Å². The number of carbonyl (C=O) groups excluding carboxylic acids is 1. The fourth-order valence-electron chi connectivity index (χ4n) is 1.44. The van der Waals surface area contributed by atoms with Crippen molar-refractivity contribution in [2.45, 2.75) is 0 Å². The van der Waals surface area contributed by atoms with Gasteiger partial charge in [-0.15, -0.1) is 0 Å². The molecule has 0 aliphatic rings.